The van der Waals surface area contributed by atoms with Crippen LogP contribution in [-0.2, 0) is 0 Å². The van der Waals surface area contributed by atoms with Gasteiger partial charge in [0.05, 0.1) is 0 Å². The first-order valence-electron chi connectivity index (χ1n) is 21.0. The Morgan fingerprint density at radius 1 is 0.450 bits per heavy atom. The van der Waals surface area contributed by atoms with Gasteiger partial charge in [-0.25, -0.2) is 0 Å². The second kappa shape index (κ2) is 18.6. The first kappa shape index (κ1) is 39.7. The third-order valence-corrected chi connectivity index (χ3v) is 11.1. The standard InChI is InChI=1S/C58H52N2/c1-43-19-39-57(45(3)41-43)59(53-18-12-17-49(25-32-53)23-21-48-15-10-7-11-16-48)55-35-28-51(29-36-55)52-30-37-56(38-31-52)60(58-40-20-44(2)42-46(58)4)54-33-26-50(27-34-54)24-22-47-13-8-5-6-9-14-47/h5,7-16,18-42H,6,17H2,1-4H3/b23-21+,24-22+. The SMILES string of the molecule is Cc1ccc(N(C2=CC=C(/C=C/c3ccccc3)CC=C2)c2ccc(-c3ccc(N(c4ccc(/C=C/C5=CC=CCC=C5)cc4)c4ccc(C)cc4C)cc3)cc2)c(C)c1. The van der Waals surface area contributed by atoms with Gasteiger partial charge in [0.25, 0.3) is 0 Å². The molecule has 2 aliphatic rings. The van der Waals surface area contributed by atoms with Gasteiger partial charge in [-0.2, -0.15) is 0 Å². The Balaban J connectivity index is 1.08. The Kier molecular flexibility index (Phi) is 12.3. The fourth-order valence-corrected chi connectivity index (χ4v) is 7.88. The molecule has 8 rings (SSSR count). The average molecular weight is 777 g/mol. The predicted molar refractivity (Wildman–Crippen MR) is 260 cm³/mol. The average Bonchev–Trinajstić information content (AvgIpc) is 3.69. The predicted octanol–water partition coefficient (Wildman–Crippen LogP) is 16.1. The van der Waals surface area contributed by atoms with Crippen molar-refractivity contribution in [3.8, 4) is 11.1 Å². The smallest absolute Gasteiger partial charge is 0.0490 e. The molecule has 0 heterocycles. The largest absolute Gasteiger partial charge is 0.310 e. The molecule has 0 saturated heterocycles. The van der Waals surface area contributed by atoms with E-state index in [0.717, 1.165) is 35.6 Å². The number of hydrogen-bond donors (Lipinski definition) is 0. The van der Waals surface area contributed by atoms with Crippen molar-refractivity contribution in [1.29, 1.82) is 0 Å². The molecule has 0 saturated carbocycles. The minimum absolute atomic E-state index is 0.872. The van der Waals surface area contributed by atoms with Crippen LogP contribution in [0, 0.1) is 27.7 Å². The maximum atomic E-state index is 2.38. The molecule has 2 heteroatoms. The summed E-state index contributed by atoms with van der Waals surface area (Å²) >= 11 is 0. The molecule has 0 radical (unpaired) electrons. The maximum Gasteiger partial charge on any atom is 0.0490 e. The van der Waals surface area contributed by atoms with Crippen molar-refractivity contribution in [3.05, 3.63) is 257 Å². The van der Waals surface area contributed by atoms with Gasteiger partial charge < -0.3 is 9.80 Å². The van der Waals surface area contributed by atoms with Gasteiger partial charge in [0.1, 0.15) is 0 Å². The van der Waals surface area contributed by atoms with Crippen LogP contribution in [0.4, 0.5) is 28.4 Å². The molecule has 60 heavy (non-hydrogen) atoms. The van der Waals surface area contributed by atoms with Crippen molar-refractivity contribution < 1.29 is 0 Å². The number of benzene rings is 6. The summed E-state index contributed by atoms with van der Waals surface area (Å²) in [5.74, 6) is 0. The van der Waals surface area contributed by atoms with Gasteiger partial charge in [-0.3, -0.25) is 0 Å². The van der Waals surface area contributed by atoms with E-state index in [1.165, 1.54) is 67.0 Å². The molecule has 0 aromatic heterocycles. The fourth-order valence-electron chi connectivity index (χ4n) is 7.88. The molecule has 0 bridgehead atoms. The highest BCUT2D eigenvalue weighted by Crippen LogP contribution is 2.39. The summed E-state index contributed by atoms with van der Waals surface area (Å²) in [6.45, 7) is 8.71. The normalized spacial score (nSPS) is 13.8. The second-order valence-corrected chi connectivity index (χ2v) is 15.7. The molecule has 6 aromatic rings. The molecule has 294 valence electrons. The zero-order valence-electron chi connectivity index (χ0n) is 35.1. The van der Waals surface area contributed by atoms with Crippen LogP contribution in [0.3, 0.4) is 0 Å². The van der Waals surface area contributed by atoms with Gasteiger partial charge in [-0.15, -0.1) is 0 Å². The summed E-state index contributed by atoms with van der Waals surface area (Å²) in [5, 5.41) is 0. The summed E-state index contributed by atoms with van der Waals surface area (Å²) in [4.78, 5) is 4.74. The Hall–Kier alpha value is -7.16. The van der Waals surface area contributed by atoms with Crippen molar-refractivity contribution in [2.45, 2.75) is 40.5 Å². The Morgan fingerprint density at radius 2 is 1.02 bits per heavy atom. The molecule has 0 N–H and O–H groups in total. The number of allylic oxidation sites excluding steroid dienone is 13. The quantitative estimate of drug-likeness (QED) is 0.129. The molecular weight excluding hydrogens is 725 g/mol. The number of anilines is 5. The lowest BCUT2D eigenvalue weighted by atomic mass is 10.0. The number of hydrogen-bond acceptors (Lipinski definition) is 2. The number of aryl methyl sites for hydroxylation is 4. The van der Waals surface area contributed by atoms with Crippen molar-refractivity contribution in [1.82, 2.24) is 0 Å². The molecule has 0 unspecified atom stereocenters. The Labute approximate surface area is 357 Å². The summed E-state index contributed by atoms with van der Waals surface area (Å²) in [5.41, 5.74) is 19.0. The first-order valence-corrected chi connectivity index (χ1v) is 21.0. The van der Waals surface area contributed by atoms with Crippen molar-refractivity contribution >= 4 is 40.6 Å². The highest BCUT2D eigenvalue weighted by Gasteiger charge is 2.18. The van der Waals surface area contributed by atoms with Crippen LogP contribution in [0.2, 0.25) is 0 Å². The molecule has 2 aliphatic carbocycles. The summed E-state index contributed by atoms with van der Waals surface area (Å²) < 4.78 is 0. The minimum atomic E-state index is 0.872. The van der Waals surface area contributed by atoms with Crippen LogP contribution in [0.5, 0.6) is 0 Å². The van der Waals surface area contributed by atoms with E-state index in [1.54, 1.807) is 0 Å². The topological polar surface area (TPSA) is 6.48 Å². The Bertz CT molecular complexity index is 2700. The Morgan fingerprint density at radius 3 is 1.65 bits per heavy atom. The van der Waals surface area contributed by atoms with Crippen molar-refractivity contribution in [2.24, 2.45) is 0 Å². The molecule has 0 amide bonds. The van der Waals surface area contributed by atoms with Crippen LogP contribution in [0.15, 0.2) is 223 Å². The molecule has 0 fully saturated rings. The molecule has 0 atom stereocenters. The van der Waals surface area contributed by atoms with Crippen molar-refractivity contribution in [2.75, 3.05) is 9.80 Å². The molecule has 2 nitrogen and oxygen atoms in total. The highest BCUT2D eigenvalue weighted by atomic mass is 15.2. The van der Waals surface area contributed by atoms with E-state index in [2.05, 4.69) is 256 Å². The third kappa shape index (κ3) is 9.58. The van der Waals surface area contributed by atoms with E-state index in [0.29, 0.717) is 0 Å². The zero-order chi connectivity index (χ0) is 41.3. The zero-order valence-corrected chi connectivity index (χ0v) is 35.1. The number of nitrogens with zero attached hydrogens (tertiary/aromatic N) is 2. The van der Waals surface area contributed by atoms with E-state index < -0.39 is 0 Å². The van der Waals surface area contributed by atoms with Gasteiger partial charge in [0.2, 0.25) is 0 Å². The van der Waals surface area contributed by atoms with Crippen molar-refractivity contribution in [3.63, 3.8) is 0 Å². The van der Waals surface area contributed by atoms with Crippen LogP contribution in [0.1, 0.15) is 46.2 Å². The van der Waals surface area contributed by atoms with E-state index >= 15 is 0 Å². The van der Waals surface area contributed by atoms with E-state index in [-0.39, 0.29) is 0 Å². The lowest BCUT2D eigenvalue weighted by Crippen LogP contribution is -2.16. The third-order valence-electron chi connectivity index (χ3n) is 11.1. The van der Waals surface area contributed by atoms with Gasteiger partial charge >= 0.3 is 0 Å². The van der Waals surface area contributed by atoms with Crippen LogP contribution < -0.4 is 9.80 Å². The van der Waals surface area contributed by atoms with Gasteiger partial charge in [-0.05, 0) is 146 Å². The molecule has 0 aliphatic heterocycles. The van der Waals surface area contributed by atoms with E-state index in [9.17, 15) is 0 Å². The molecule has 0 spiro atoms. The van der Waals surface area contributed by atoms with Crippen LogP contribution >= 0.6 is 0 Å². The summed E-state index contributed by atoms with van der Waals surface area (Å²) in [6, 6.07) is 50.7. The highest BCUT2D eigenvalue weighted by molar-refractivity contribution is 5.81. The molecule has 6 aromatic carbocycles. The minimum Gasteiger partial charge on any atom is -0.310 e. The van der Waals surface area contributed by atoms with Gasteiger partial charge in [-0.1, -0.05) is 169 Å². The summed E-state index contributed by atoms with van der Waals surface area (Å²) in [6.07, 6.45) is 30.5. The maximum absolute atomic E-state index is 2.38. The monoisotopic (exact) mass is 776 g/mol. The van der Waals surface area contributed by atoms with E-state index in [1.807, 2.05) is 0 Å². The molecular formula is C58H52N2. The fraction of sp³-hybridized carbons (Fsp3) is 0.103. The summed E-state index contributed by atoms with van der Waals surface area (Å²) in [7, 11) is 0. The van der Waals surface area contributed by atoms with Crippen LogP contribution in [-0.4, -0.2) is 0 Å². The number of rotatable bonds is 11. The van der Waals surface area contributed by atoms with E-state index in [4.69, 9.17) is 0 Å². The second-order valence-electron chi connectivity index (χ2n) is 15.7. The van der Waals surface area contributed by atoms with Gasteiger partial charge in [0.15, 0.2) is 0 Å². The van der Waals surface area contributed by atoms with Crippen LogP contribution in [0.25, 0.3) is 23.3 Å². The lowest BCUT2D eigenvalue weighted by molar-refractivity contribution is 1.18. The van der Waals surface area contributed by atoms with Gasteiger partial charge in [0, 0.05) is 34.1 Å². The lowest BCUT2D eigenvalue weighted by Gasteiger charge is -2.28. The first-order chi connectivity index (χ1) is 29.4.